The Morgan fingerprint density at radius 1 is 0.938 bits per heavy atom. The van der Waals surface area contributed by atoms with E-state index in [4.69, 9.17) is 0 Å². The number of nitrogens with one attached hydrogen (secondary N) is 1. The summed E-state index contributed by atoms with van der Waals surface area (Å²) in [6.45, 7) is 7.32. The lowest BCUT2D eigenvalue weighted by atomic mass is 10.1. The Morgan fingerprint density at radius 3 is 2.19 bits per heavy atom. The van der Waals surface area contributed by atoms with Gasteiger partial charge in [0, 0.05) is 62.1 Å². The second-order valence-electron chi connectivity index (χ2n) is 8.72. The second-order valence-corrected chi connectivity index (χ2v) is 8.72. The maximum Gasteiger partial charge on any atom is 0.253 e. The highest BCUT2D eigenvalue weighted by Crippen LogP contribution is 2.22. The number of hydrogen-bond donors (Lipinski definition) is 1. The number of nitrogens with zero attached hydrogens (tertiary/aromatic N) is 3. The van der Waals surface area contributed by atoms with Crippen LogP contribution in [0.25, 0.3) is 0 Å². The van der Waals surface area contributed by atoms with Gasteiger partial charge in [-0.15, -0.1) is 0 Å². The van der Waals surface area contributed by atoms with Gasteiger partial charge in [0.25, 0.3) is 5.91 Å². The lowest BCUT2D eigenvalue weighted by Gasteiger charge is -2.36. The molecule has 7 heteroatoms. The molecule has 1 atom stereocenters. The molecule has 3 amide bonds. The SMILES string of the molecule is CC(C)N1CC(C(=O)Nc2ccc(C(=O)N3CCN(c4ccccc4)CC3)cc2)CC1=O. The first kappa shape index (κ1) is 21.9. The molecule has 2 heterocycles. The van der Waals surface area contributed by atoms with Crippen molar-refractivity contribution in [1.82, 2.24) is 9.80 Å². The average Bonchev–Trinajstić information content (AvgIpc) is 3.22. The fourth-order valence-electron chi connectivity index (χ4n) is 4.34. The molecule has 2 aliphatic rings. The minimum Gasteiger partial charge on any atom is -0.368 e. The molecule has 1 unspecified atom stereocenters. The fraction of sp³-hybridized carbons (Fsp3) is 0.400. The van der Waals surface area contributed by atoms with Crippen LogP contribution >= 0.6 is 0 Å². The quantitative estimate of drug-likeness (QED) is 0.786. The molecule has 4 rings (SSSR count). The highest BCUT2D eigenvalue weighted by atomic mass is 16.2. The van der Waals surface area contributed by atoms with Crippen molar-refractivity contribution in [1.29, 1.82) is 0 Å². The maximum atomic E-state index is 12.9. The van der Waals surface area contributed by atoms with Gasteiger partial charge in [-0.25, -0.2) is 0 Å². The van der Waals surface area contributed by atoms with Crippen LogP contribution in [0, 0.1) is 5.92 Å². The van der Waals surface area contributed by atoms with Crippen LogP contribution in [-0.4, -0.2) is 66.3 Å². The molecule has 0 aromatic heterocycles. The van der Waals surface area contributed by atoms with Gasteiger partial charge in [0.1, 0.15) is 0 Å². The zero-order valence-corrected chi connectivity index (χ0v) is 18.7. The number of amides is 3. The van der Waals surface area contributed by atoms with Crippen LogP contribution in [0.5, 0.6) is 0 Å². The van der Waals surface area contributed by atoms with E-state index in [0.29, 0.717) is 30.9 Å². The van der Waals surface area contributed by atoms with Gasteiger partial charge in [0.15, 0.2) is 0 Å². The van der Waals surface area contributed by atoms with Gasteiger partial charge in [-0.2, -0.15) is 0 Å². The van der Waals surface area contributed by atoms with Crippen molar-refractivity contribution in [2.75, 3.05) is 42.9 Å². The standard InChI is InChI=1S/C25H30N4O3/c1-18(2)29-17-20(16-23(29)30)24(31)26-21-10-8-19(9-11-21)25(32)28-14-12-27(13-15-28)22-6-4-3-5-7-22/h3-11,18,20H,12-17H2,1-2H3,(H,26,31). The molecule has 0 aliphatic carbocycles. The molecule has 32 heavy (non-hydrogen) atoms. The predicted molar refractivity (Wildman–Crippen MR) is 125 cm³/mol. The first-order chi connectivity index (χ1) is 15.4. The molecule has 2 aromatic rings. The first-order valence-electron chi connectivity index (χ1n) is 11.2. The number of para-hydroxylation sites is 1. The number of piperazine rings is 1. The van der Waals surface area contributed by atoms with E-state index in [1.807, 2.05) is 36.9 Å². The summed E-state index contributed by atoms with van der Waals surface area (Å²) in [4.78, 5) is 43.4. The van der Waals surface area contributed by atoms with E-state index in [0.717, 1.165) is 13.1 Å². The third kappa shape index (κ3) is 4.77. The molecule has 168 valence electrons. The highest BCUT2D eigenvalue weighted by molar-refractivity contribution is 5.98. The van der Waals surface area contributed by atoms with Crippen molar-refractivity contribution in [3.05, 3.63) is 60.2 Å². The monoisotopic (exact) mass is 434 g/mol. The number of carbonyl (C=O) groups excluding carboxylic acids is 3. The topological polar surface area (TPSA) is 73.0 Å². The Balaban J connectivity index is 1.30. The van der Waals surface area contributed by atoms with Crippen LogP contribution in [0.2, 0.25) is 0 Å². The van der Waals surface area contributed by atoms with Gasteiger partial charge in [0.05, 0.1) is 5.92 Å². The van der Waals surface area contributed by atoms with Gasteiger partial charge >= 0.3 is 0 Å². The van der Waals surface area contributed by atoms with Crippen molar-refractivity contribution in [3.63, 3.8) is 0 Å². The van der Waals surface area contributed by atoms with Crippen LogP contribution in [0.1, 0.15) is 30.6 Å². The summed E-state index contributed by atoms with van der Waals surface area (Å²) in [5.41, 5.74) is 2.43. The van der Waals surface area contributed by atoms with E-state index in [1.165, 1.54) is 5.69 Å². The van der Waals surface area contributed by atoms with Gasteiger partial charge < -0.3 is 20.0 Å². The molecular weight excluding hydrogens is 404 g/mol. The normalized spacial score (nSPS) is 18.9. The molecule has 0 spiro atoms. The van der Waals surface area contributed by atoms with E-state index >= 15 is 0 Å². The maximum absolute atomic E-state index is 12.9. The molecule has 1 N–H and O–H groups in total. The molecule has 2 aliphatic heterocycles. The van der Waals surface area contributed by atoms with Crippen molar-refractivity contribution in [3.8, 4) is 0 Å². The third-order valence-electron chi connectivity index (χ3n) is 6.24. The molecule has 2 saturated heterocycles. The van der Waals surface area contributed by atoms with Crippen molar-refractivity contribution >= 4 is 29.1 Å². The number of carbonyl (C=O) groups is 3. The van der Waals surface area contributed by atoms with Crippen LogP contribution in [0.4, 0.5) is 11.4 Å². The third-order valence-corrected chi connectivity index (χ3v) is 6.24. The van der Waals surface area contributed by atoms with E-state index in [1.54, 1.807) is 29.2 Å². The van der Waals surface area contributed by atoms with E-state index in [9.17, 15) is 14.4 Å². The Bertz CT molecular complexity index is 966. The lowest BCUT2D eigenvalue weighted by Crippen LogP contribution is -2.48. The summed E-state index contributed by atoms with van der Waals surface area (Å²) in [7, 11) is 0. The van der Waals surface area contributed by atoms with Crippen molar-refractivity contribution < 1.29 is 14.4 Å². The number of likely N-dealkylation sites (tertiary alicyclic amines) is 1. The minimum atomic E-state index is -0.341. The molecule has 0 radical (unpaired) electrons. The summed E-state index contributed by atoms with van der Waals surface area (Å²) in [6.07, 6.45) is 0.246. The van der Waals surface area contributed by atoms with Gasteiger partial charge in [-0.05, 0) is 50.2 Å². The molecule has 7 nitrogen and oxygen atoms in total. The van der Waals surface area contributed by atoms with Crippen LogP contribution in [0.3, 0.4) is 0 Å². The van der Waals surface area contributed by atoms with E-state index in [2.05, 4.69) is 22.3 Å². The van der Waals surface area contributed by atoms with Crippen molar-refractivity contribution in [2.24, 2.45) is 5.92 Å². The molecule has 0 saturated carbocycles. The number of anilines is 2. The summed E-state index contributed by atoms with van der Waals surface area (Å²) >= 11 is 0. The van der Waals surface area contributed by atoms with Crippen LogP contribution < -0.4 is 10.2 Å². The van der Waals surface area contributed by atoms with E-state index < -0.39 is 0 Å². The molecule has 2 aromatic carbocycles. The average molecular weight is 435 g/mol. The zero-order valence-electron chi connectivity index (χ0n) is 18.7. The Hall–Kier alpha value is -3.35. The van der Waals surface area contributed by atoms with Gasteiger partial charge in [-0.1, -0.05) is 18.2 Å². The molecule has 2 fully saturated rings. The van der Waals surface area contributed by atoms with Crippen LogP contribution in [0.15, 0.2) is 54.6 Å². The predicted octanol–water partition coefficient (Wildman–Crippen LogP) is 2.84. The minimum absolute atomic E-state index is 0.00422. The zero-order chi connectivity index (χ0) is 22.7. The summed E-state index contributed by atoms with van der Waals surface area (Å²) in [6, 6.07) is 17.3. The number of rotatable bonds is 5. The number of hydrogen-bond acceptors (Lipinski definition) is 4. The van der Waals surface area contributed by atoms with E-state index in [-0.39, 0.29) is 36.1 Å². The highest BCUT2D eigenvalue weighted by Gasteiger charge is 2.35. The number of benzene rings is 2. The smallest absolute Gasteiger partial charge is 0.253 e. The summed E-state index contributed by atoms with van der Waals surface area (Å²) in [5, 5.41) is 2.88. The van der Waals surface area contributed by atoms with Gasteiger partial charge in [-0.3, -0.25) is 14.4 Å². The summed E-state index contributed by atoms with van der Waals surface area (Å²) in [5.74, 6) is -0.470. The Kier molecular flexibility index (Phi) is 6.44. The molecule has 0 bridgehead atoms. The Labute approximate surface area is 189 Å². The summed E-state index contributed by atoms with van der Waals surface area (Å²) < 4.78 is 0. The van der Waals surface area contributed by atoms with Gasteiger partial charge in [0.2, 0.25) is 11.8 Å². The molecular formula is C25H30N4O3. The van der Waals surface area contributed by atoms with Crippen LogP contribution in [-0.2, 0) is 9.59 Å². The van der Waals surface area contributed by atoms with Crippen molar-refractivity contribution in [2.45, 2.75) is 26.3 Å². The first-order valence-corrected chi connectivity index (χ1v) is 11.2. The Morgan fingerprint density at radius 2 is 1.59 bits per heavy atom. The lowest BCUT2D eigenvalue weighted by molar-refractivity contribution is -0.129. The fourth-order valence-corrected chi connectivity index (χ4v) is 4.34. The largest absolute Gasteiger partial charge is 0.368 e. The second kappa shape index (κ2) is 9.42.